The number of aromatic nitrogens is 1. The zero-order chi connectivity index (χ0) is 25.8. The number of carbonyl (C=O) groups is 3. The van der Waals surface area contributed by atoms with Crippen molar-refractivity contribution in [3.05, 3.63) is 89.2 Å². The third-order valence-corrected chi connectivity index (χ3v) is 8.18. The molecule has 0 bridgehead atoms. The Hall–Kier alpha value is -4.00. The van der Waals surface area contributed by atoms with Crippen molar-refractivity contribution in [3.8, 4) is 11.1 Å². The average molecular weight is 496 g/mol. The van der Waals surface area contributed by atoms with Gasteiger partial charge in [-0.05, 0) is 43.0 Å². The first-order valence-corrected chi connectivity index (χ1v) is 12.8. The molecule has 1 saturated carbocycles. The molecule has 1 spiro atoms. The van der Waals surface area contributed by atoms with Gasteiger partial charge in [-0.1, -0.05) is 48.5 Å². The quantitative estimate of drug-likeness (QED) is 0.497. The summed E-state index contributed by atoms with van der Waals surface area (Å²) in [6.07, 6.45) is 3.97. The Labute approximate surface area is 216 Å². The van der Waals surface area contributed by atoms with Crippen molar-refractivity contribution in [2.24, 2.45) is 0 Å². The fraction of sp³-hybridized carbons (Fsp3) is 0.333. The second-order valence-corrected chi connectivity index (χ2v) is 10.3. The lowest BCUT2D eigenvalue weighted by atomic mass is 9.91. The topological polar surface area (TPSA) is 79.8 Å². The molecule has 2 aromatic carbocycles. The molecule has 188 valence electrons. The highest BCUT2D eigenvalue weighted by molar-refractivity contribution is 5.96. The minimum absolute atomic E-state index is 0.0989. The lowest BCUT2D eigenvalue weighted by Gasteiger charge is -2.27. The number of benzene rings is 2. The van der Waals surface area contributed by atoms with Gasteiger partial charge < -0.3 is 14.5 Å². The second kappa shape index (κ2) is 8.54. The summed E-state index contributed by atoms with van der Waals surface area (Å²) in [7, 11) is 1.76. The fourth-order valence-corrected chi connectivity index (χ4v) is 5.67. The van der Waals surface area contributed by atoms with Gasteiger partial charge in [-0.2, -0.15) is 0 Å². The van der Waals surface area contributed by atoms with Crippen molar-refractivity contribution in [2.75, 3.05) is 26.7 Å². The maximum Gasteiger partial charge on any atom is 0.339 e. The molecular formula is C30H29N3O4. The number of esters is 1. The molecule has 1 saturated heterocycles. The molecule has 2 aliphatic heterocycles. The van der Waals surface area contributed by atoms with Gasteiger partial charge in [0.2, 0.25) is 5.91 Å². The van der Waals surface area contributed by atoms with E-state index in [1.54, 1.807) is 30.3 Å². The van der Waals surface area contributed by atoms with Crippen molar-refractivity contribution in [2.45, 2.75) is 37.2 Å². The Kier molecular flexibility index (Phi) is 5.40. The van der Waals surface area contributed by atoms with E-state index in [0.717, 1.165) is 35.1 Å². The van der Waals surface area contributed by atoms with Crippen molar-refractivity contribution < 1.29 is 19.1 Å². The molecule has 3 aliphatic rings. The van der Waals surface area contributed by atoms with Crippen LogP contribution in [0.3, 0.4) is 0 Å². The maximum atomic E-state index is 13.7. The van der Waals surface area contributed by atoms with Crippen molar-refractivity contribution in [3.63, 3.8) is 0 Å². The SMILES string of the molecule is CCN(C)C(=O)c1ccc(-c2ccc(C3(C(=O)N4CCC5(C4)OC(=O)c4ccccc45)CC3)cc2)cn1. The number of amides is 2. The Bertz CT molecular complexity index is 1400. The number of nitrogens with zero attached hydrogens (tertiary/aromatic N) is 3. The van der Waals surface area contributed by atoms with Crippen molar-refractivity contribution >= 4 is 17.8 Å². The third kappa shape index (κ3) is 3.72. The van der Waals surface area contributed by atoms with E-state index in [4.69, 9.17) is 4.74 Å². The molecule has 6 rings (SSSR count). The van der Waals surface area contributed by atoms with E-state index in [2.05, 4.69) is 4.98 Å². The predicted octanol–water partition coefficient (Wildman–Crippen LogP) is 4.17. The number of fused-ring (bicyclic) bond motifs is 2. The van der Waals surface area contributed by atoms with Crippen LogP contribution >= 0.6 is 0 Å². The summed E-state index contributed by atoms with van der Waals surface area (Å²) in [6, 6.07) is 19.2. The van der Waals surface area contributed by atoms with Gasteiger partial charge in [0.15, 0.2) is 5.60 Å². The summed E-state index contributed by atoms with van der Waals surface area (Å²) in [4.78, 5) is 46.3. The van der Waals surface area contributed by atoms with Gasteiger partial charge in [0.05, 0.1) is 17.5 Å². The van der Waals surface area contributed by atoms with Crippen LogP contribution in [-0.2, 0) is 20.5 Å². The molecule has 1 aromatic heterocycles. The van der Waals surface area contributed by atoms with Gasteiger partial charge in [0.1, 0.15) is 5.69 Å². The number of ether oxygens (including phenoxy) is 1. The first kappa shape index (κ1) is 23.4. The maximum absolute atomic E-state index is 13.7. The van der Waals surface area contributed by atoms with Crippen LogP contribution in [0, 0.1) is 0 Å². The van der Waals surface area contributed by atoms with Gasteiger partial charge in [0.25, 0.3) is 5.91 Å². The Morgan fingerprint density at radius 1 is 1.00 bits per heavy atom. The molecule has 2 fully saturated rings. The van der Waals surface area contributed by atoms with Crippen LogP contribution in [0.15, 0.2) is 66.9 Å². The predicted molar refractivity (Wildman–Crippen MR) is 138 cm³/mol. The van der Waals surface area contributed by atoms with Crippen LogP contribution in [0.2, 0.25) is 0 Å². The molecule has 1 unspecified atom stereocenters. The van der Waals surface area contributed by atoms with Gasteiger partial charge in [-0.15, -0.1) is 0 Å². The van der Waals surface area contributed by atoms with E-state index in [9.17, 15) is 14.4 Å². The number of hydrogen-bond acceptors (Lipinski definition) is 5. The molecule has 1 aliphatic carbocycles. The van der Waals surface area contributed by atoms with Crippen LogP contribution < -0.4 is 0 Å². The van der Waals surface area contributed by atoms with E-state index < -0.39 is 11.0 Å². The molecule has 7 heteroatoms. The van der Waals surface area contributed by atoms with E-state index in [1.165, 1.54) is 0 Å². The summed E-state index contributed by atoms with van der Waals surface area (Å²) in [5.74, 6) is -0.286. The monoisotopic (exact) mass is 495 g/mol. The average Bonchev–Trinajstić information content (AvgIpc) is 3.58. The molecule has 3 heterocycles. The fourth-order valence-electron chi connectivity index (χ4n) is 5.67. The van der Waals surface area contributed by atoms with Crippen molar-refractivity contribution in [1.82, 2.24) is 14.8 Å². The highest BCUT2D eigenvalue weighted by atomic mass is 16.6. The molecule has 1 atom stereocenters. The zero-order valence-corrected chi connectivity index (χ0v) is 21.1. The minimum atomic E-state index is -0.726. The highest BCUT2D eigenvalue weighted by Crippen LogP contribution is 2.52. The summed E-state index contributed by atoms with van der Waals surface area (Å²) in [5.41, 5.74) is 3.60. The largest absolute Gasteiger partial charge is 0.449 e. The number of hydrogen-bond donors (Lipinski definition) is 0. The van der Waals surface area contributed by atoms with Crippen LogP contribution in [0.5, 0.6) is 0 Å². The molecule has 3 aromatic rings. The van der Waals surface area contributed by atoms with Crippen LogP contribution in [0.1, 0.15) is 58.2 Å². The van der Waals surface area contributed by atoms with Crippen LogP contribution in [0.25, 0.3) is 11.1 Å². The van der Waals surface area contributed by atoms with Crippen LogP contribution in [-0.4, -0.2) is 59.2 Å². The first-order chi connectivity index (χ1) is 17.9. The van der Waals surface area contributed by atoms with E-state index in [0.29, 0.717) is 37.3 Å². The molecule has 2 amide bonds. The van der Waals surface area contributed by atoms with Crippen LogP contribution in [0.4, 0.5) is 0 Å². The van der Waals surface area contributed by atoms with Crippen molar-refractivity contribution in [1.29, 1.82) is 0 Å². The normalized spacial score (nSPS) is 21.0. The van der Waals surface area contributed by atoms with E-state index >= 15 is 0 Å². The molecular weight excluding hydrogens is 466 g/mol. The molecule has 0 radical (unpaired) electrons. The summed E-state index contributed by atoms with van der Waals surface area (Å²) < 4.78 is 5.84. The lowest BCUT2D eigenvalue weighted by molar-refractivity contribution is -0.134. The number of rotatable bonds is 5. The van der Waals surface area contributed by atoms with Gasteiger partial charge in [0, 0.05) is 43.9 Å². The Morgan fingerprint density at radius 2 is 1.73 bits per heavy atom. The molecule has 7 nitrogen and oxygen atoms in total. The second-order valence-electron chi connectivity index (χ2n) is 10.3. The lowest BCUT2D eigenvalue weighted by Crippen LogP contribution is -2.40. The minimum Gasteiger partial charge on any atom is -0.449 e. The van der Waals surface area contributed by atoms with E-state index in [1.807, 2.05) is 60.4 Å². The number of likely N-dealkylation sites (tertiary alicyclic amines) is 1. The summed E-state index contributed by atoms with van der Waals surface area (Å²) >= 11 is 0. The first-order valence-electron chi connectivity index (χ1n) is 12.8. The van der Waals surface area contributed by atoms with Gasteiger partial charge in [-0.25, -0.2) is 4.79 Å². The smallest absolute Gasteiger partial charge is 0.339 e. The molecule has 37 heavy (non-hydrogen) atoms. The zero-order valence-electron chi connectivity index (χ0n) is 21.1. The standard InChI is InChI=1S/C30H29N3O4/c1-3-32(2)26(34)25-13-10-21(18-31-25)20-8-11-22(12-9-20)29(14-15-29)28(36)33-17-16-30(19-33)24-7-5-4-6-23(24)27(35)37-30/h4-13,18H,3,14-17,19H2,1-2H3. The van der Waals surface area contributed by atoms with Gasteiger partial charge >= 0.3 is 5.97 Å². The summed E-state index contributed by atoms with van der Waals surface area (Å²) in [5, 5.41) is 0. The van der Waals surface area contributed by atoms with Gasteiger partial charge in [-0.3, -0.25) is 14.6 Å². The Balaban J connectivity index is 1.18. The highest BCUT2D eigenvalue weighted by Gasteiger charge is 2.57. The number of carbonyl (C=O) groups excluding carboxylic acids is 3. The van der Waals surface area contributed by atoms with E-state index in [-0.39, 0.29) is 17.8 Å². The molecule has 0 N–H and O–H groups in total. The summed E-state index contributed by atoms with van der Waals surface area (Å²) in [6.45, 7) is 3.53. The number of pyridine rings is 1. The third-order valence-electron chi connectivity index (χ3n) is 8.18. The Morgan fingerprint density at radius 3 is 2.41 bits per heavy atom.